The third-order valence-electron chi connectivity index (χ3n) is 1.50. The summed E-state index contributed by atoms with van der Waals surface area (Å²) in [7, 11) is 0. The summed E-state index contributed by atoms with van der Waals surface area (Å²) in [6.45, 7) is 1.63. The minimum absolute atomic E-state index is 0.153. The van der Waals surface area contributed by atoms with Crippen LogP contribution in [0, 0.1) is 0 Å². The second kappa shape index (κ2) is 2.38. The number of carbonyl (C=O) groups excluding carboxylic acids is 2. The topological polar surface area (TPSA) is 63.4 Å². The Hall–Kier alpha value is -0.900. The normalized spacial score (nSPS) is 22.0. The lowest BCUT2D eigenvalue weighted by Gasteiger charge is -2.17. The molecule has 1 aliphatic rings. The van der Waals surface area contributed by atoms with Crippen molar-refractivity contribution >= 4 is 11.8 Å². The lowest BCUT2D eigenvalue weighted by molar-refractivity contribution is -0.140. The van der Waals surface area contributed by atoms with Gasteiger partial charge in [0.1, 0.15) is 0 Å². The van der Waals surface area contributed by atoms with Crippen LogP contribution >= 0.6 is 0 Å². The molecule has 0 aromatic heterocycles. The molecule has 1 aliphatic heterocycles. The van der Waals surface area contributed by atoms with Gasteiger partial charge in [-0.1, -0.05) is 0 Å². The highest BCUT2D eigenvalue weighted by atomic mass is 16.2. The third-order valence-corrected chi connectivity index (χ3v) is 1.50. The summed E-state index contributed by atoms with van der Waals surface area (Å²) in [4.78, 5) is 22.8. The van der Waals surface area contributed by atoms with Crippen molar-refractivity contribution in [2.24, 2.45) is 5.73 Å². The maximum atomic E-state index is 10.9. The Kier molecular flexibility index (Phi) is 1.72. The molecule has 0 aliphatic carbocycles. The van der Waals surface area contributed by atoms with Gasteiger partial charge in [0.2, 0.25) is 11.8 Å². The Morgan fingerprint density at radius 1 is 1.40 bits per heavy atom. The van der Waals surface area contributed by atoms with E-state index in [0.717, 1.165) is 4.90 Å². The zero-order valence-electron chi connectivity index (χ0n) is 5.83. The molecule has 1 rings (SSSR count). The van der Waals surface area contributed by atoms with E-state index < -0.39 is 6.17 Å². The Labute approximate surface area is 59.0 Å². The number of amides is 2. The van der Waals surface area contributed by atoms with Gasteiger partial charge in [0.15, 0.2) is 0 Å². The molecule has 4 nitrogen and oxygen atoms in total. The van der Waals surface area contributed by atoms with Gasteiger partial charge < -0.3 is 5.73 Å². The van der Waals surface area contributed by atoms with Crippen molar-refractivity contribution in [2.45, 2.75) is 25.9 Å². The monoisotopic (exact) mass is 142 g/mol. The minimum Gasteiger partial charge on any atom is -0.311 e. The van der Waals surface area contributed by atoms with E-state index in [4.69, 9.17) is 5.73 Å². The van der Waals surface area contributed by atoms with E-state index in [0.29, 0.717) is 12.8 Å². The summed E-state index contributed by atoms with van der Waals surface area (Å²) in [6.07, 6.45) is 0.170. The Morgan fingerprint density at radius 2 is 1.80 bits per heavy atom. The SMILES string of the molecule is CC(N)N1C(=O)CCC1=O. The fourth-order valence-electron chi connectivity index (χ4n) is 1.05. The summed E-state index contributed by atoms with van der Waals surface area (Å²) >= 11 is 0. The number of nitrogens with zero attached hydrogens (tertiary/aromatic N) is 1. The summed E-state index contributed by atoms with van der Waals surface area (Å²) in [5.41, 5.74) is 5.36. The van der Waals surface area contributed by atoms with E-state index in [9.17, 15) is 9.59 Å². The van der Waals surface area contributed by atoms with Crippen molar-refractivity contribution in [1.82, 2.24) is 4.90 Å². The van der Waals surface area contributed by atoms with Crippen LogP contribution in [0.25, 0.3) is 0 Å². The number of carbonyl (C=O) groups is 2. The van der Waals surface area contributed by atoms with E-state index in [1.165, 1.54) is 0 Å². The van der Waals surface area contributed by atoms with Crippen molar-refractivity contribution in [3.05, 3.63) is 0 Å². The lowest BCUT2D eigenvalue weighted by atomic mass is 10.4. The van der Waals surface area contributed by atoms with Gasteiger partial charge in [0, 0.05) is 12.8 Å². The van der Waals surface area contributed by atoms with Crippen molar-refractivity contribution in [2.75, 3.05) is 0 Å². The molecule has 4 heteroatoms. The quantitative estimate of drug-likeness (QED) is 0.499. The van der Waals surface area contributed by atoms with Crippen molar-refractivity contribution in [1.29, 1.82) is 0 Å². The molecule has 1 heterocycles. The van der Waals surface area contributed by atoms with Crippen LogP contribution in [0.2, 0.25) is 0 Å². The van der Waals surface area contributed by atoms with E-state index in [-0.39, 0.29) is 11.8 Å². The molecule has 0 aromatic carbocycles. The number of hydrogen-bond donors (Lipinski definition) is 1. The van der Waals surface area contributed by atoms with E-state index >= 15 is 0 Å². The smallest absolute Gasteiger partial charge is 0.230 e. The number of rotatable bonds is 1. The van der Waals surface area contributed by atoms with Gasteiger partial charge in [-0.25, -0.2) is 0 Å². The minimum atomic E-state index is -0.470. The molecule has 1 fully saturated rings. The maximum Gasteiger partial charge on any atom is 0.230 e. The molecule has 10 heavy (non-hydrogen) atoms. The van der Waals surface area contributed by atoms with E-state index in [1.54, 1.807) is 6.92 Å². The molecule has 0 radical (unpaired) electrons. The first-order valence-corrected chi connectivity index (χ1v) is 3.23. The largest absolute Gasteiger partial charge is 0.311 e. The van der Waals surface area contributed by atoms with Gasteiger partial charge in [-0.15, -0.1) is 0 Å². The van der Waals surface area contributed by atoms with Gasteiger partial charge in [0.05, 0.1) is 6.17 Å². The number of imide groups is 1. The van der Waals surface area contributed by atoms with E-state index in [2.05, 4.69) is 0 Å². The molecule has 2 N–H and O–H groups in total. The number of nitrogens with two attached hydrogens (primary N) is 1. The van der Waals surface area contributed by atoms with Gasteiger partial charge >= 0.3 is 0 Å². The van der Waals surface area contributed by atoms with Gasteiger partial charge in [-0.05, 0) is 6.92 Å². The molecule has 56 valence electrons. The predicted molar refractivity (Wildman–Crippen MR) is 34.7 cm³/mol. The Morgan fingerprint density at radius 3 is 2.00 bits per heavy atom. The van der Waals surface area contributed by atoms with Crippen LogP contribution < -0.4 is 5.73 Å². The lowest BCUT2D eigenvalue weighted by Crippen LogP contribution is -2.42. The first-order chi connectivity index (χ1) is 4.63. The predicted octanol–water partition coefficient (Wildman–Crippen LogP) is -0.560. The Balaban J connectivity index is 2.72. The first-order valence-electron chi connectivity index (χ1n) is 3.23. The highest BCUT2D eigenvalue weighted by Crippen LogP contribution is 2.12. The van der Waals surface area contributed by atoms with Gasteiger partial charge in [0.25, 0.3) is 0 Å². The second-order valence-corrected chi connectivity index (χ2v) is 2.40. The summed E-state index contributed by atoms with van der Waals surface area (Å²) < 4.78 is 0. The number of hydrogen-bond acceptors (Lipinski definition) is 3. The average molecular weight is 142 g/mol. The first kappa shape index (κ1) is 7.21. The highest BCUT2D eigenvalue weighted by molar-refractivity contribution is 6.02. The molecule has 0 aromatic rings. The molecule has 0 spiro atoms. The molecular weight excluding hydrogens is 132 g/mol. The summed E-state index contributed by atoms with van der Waals surface area (Å²) in [5, 5.41) is 0. The molecule has 0 saturated carbocycles. The maximum absolute atomic E-state index is 10.9. The standard InChI is InChI=1S/C6H10N2O2/c1-4(7)8-5(9)2-3-6(8)10/h4H,2-3,7H2,1H3. The molecule has 1 saturated heterocycles. The Bertz CT molecular complexity index is 161. The van der Waals surface area contributed by atoms with Crippen LogP contribution in [-0.4, -0.2) is 22.9 Å². The highest BCUT2D eigenvalue weighted by Gasteiger charge is 2.30. The fourth-order valence-corrected chi connectivity index (χ4v) is 1.05. The molecule has 1 unspecified atom stereocenters. The fraction of sp³-hybridized carbons (Fsp3) is 0.667. The van der Waals surface area contributed by atoms with Crippen LogP contribution in [0.1, 0.15) is 19.8 Å². The van der Waals surface area contributed by atoms with Crippen LogP contribution in [-0.2, 0) is 9.59 Å². The van der Waals surface area contributed by atoms with Crippen LogP contribution in [0.15, 0.2) is 0 Å². The third kappa shape index (κ3) is 1.02. The number of likely N-dealkylation sites (tertiary alicyclic amines) is 1. The van der Waals surface area contributed by atoms with E-state index in [1.807, 2.05) is 0 Å². The molecule has 1 atom stereocenters. The zero-order chi connectivity index (χ0) is 7.72. The second-order valence-electron chi connectivity index (χ2n) is 2.40. The van der Waals surface area contributed by atoms with Crippen LogP contribution in [0.4, 0.5) is 0 Å². The summed E-state index contributed by atoms with van der Waals surface area (Å²) in [5.74, 6) is -0.306. The van der Waals surface area contributed by atoms with Gasteiger partial charge in [-0.2, -0.15) is 0 Å². The van der Waals surface area contributed by atoms with Crippen molar-refractivity contribution in [3.8, 4) is 0 Å². The van der Waals surface area contributed by atoms with Crippen LogP contribution in [0.5, 0.6) is 0 Å². The molecule has 0 bridgehead atoms. The zero-order valence-corrected chi connectivity index (χ0v) is 5.83. The van der Waals surface area contributed by atoms with Gasteiger partial charge in [-0.3, -0.25) is 14.5 Å². The summed E-state index contributed by atoms with van der Waals surface area (Å²) in [6, 6.07) is 0. The molecule has 2 amide bonds. The molecular formula is C6H10N2O2. The van der Waals surface area contributed by atoms with Crippen molar-refractivity contribution < 1.29 is 9.59 Å². The van der Waals surface area contributed by atoms with Crippen molar-refractivity contribution in [3.63, 3.8) is 0 Å². The average Bonchev–Trinajstić information content (AvgIpc) is 2.11. The van der Waals surface area contributed by atoms with Crippen LogP contribution in [0.3, 0.4) is 0 Å².